The first kappa shape index (κ1) is 11.5. The zero-order valence-corrected chi connectivity index (χ0v) is 11.7. The molecule has 1 aliphatic heterocycles. The fourth-order valence-corrected chi connectivity index (χ4v) is 3.99. The predicted molar refractivity (Wildman–Crippen MR) is 70.0 cm³/mol. The van der Waals surface area contributed by atoms with Crippen molar-refractivity contribution in [3.63, 3.8) is 0 Å². The van der Waals surface area contributed by atoms with E-state index in [9.17, 15) is 0 Å². The Bertz CT molecular complexity index is 367. The van der Waals surface area contributed by atoms with Crippen LogP contribution < -0.4 is 9.47 Å². The van der Waals surface area contributed by atoms with Crippen molar-refractivity contribution in [1.29, 1.82) is 0 Å². The molecule has 0 bridgehead atoms. The topological polar surface area (TPSA) is 18.5 Å². The van der Waals surface area contributed by atoms with Gasteiger partial charge < -0.3 is 9.47 Å². The number of ether oxygens (including phenoxy) is 2. The molecular formula is C10H11BrO2S2. The summed E-state index contributed by atoms with van der Waals surface area (Å²) in [5, 5.41) is 0. The maximum absolute atomic E-state index is 5.37. The van der Waals surface area contributed by atoms with Crippen LogP contribution in [0.4, 0.5) is 0 Å². The first-order chi connectivity index (χ1) is 7.26. The van der Waals surface area contributed by atoms with E-state index >= 15 is 0 Å². The SMILES string of the molecule is CSC(SC)c1cc2c(cc1Br)OCO2. The number of fused-ring (bicyclic) bond motifs is 1. The molecule has 1 heterocycles. The number of rotatable bonds is 3. The molecule has 1 aliphatic rings. The van der Waals surface area contributed by atoms with Crippen LogP contribution in [0.15, 0.2) is 16.6 Å². The first-order valence-electron chi connectivity index (χ1n) is 4.41. The van der Waals surface area contributed by atoms with Crippen LogP contribution in [0.1, 0.15) is 10.1 Å². The molecule has 0 aromatic heterocycles. The van der Waals surface area contributed by atoms with Crippen LogP contribution in [0.5, 0.6) is 11.5 Å². The van der Waals surface area contributed by atoms with Gasteiger partial charge >= 0.3 is 0 Å². The van der Waals surface area contributed by atoms with Gasteiger partial charge in [0.05, 0.1) is 4.58 Å². The molecule has 82 valence electrons. The van der Waals surface area contributed by atoms with E-state index in [-0.39, 0.29) is 0 Å². The molecule has 0 aliphatic carbocycles. The van der Waals surface area contributed by atoms with Crippen molar-refractivity contribution in [3.8, 4) is 11.5 Å². The van der Waals surface area contributed by atoms with E-state index in [1.807, 2.05) is 29.6 Å². The van der Waals surface area contributed by atoms with Crippen LogP contribution in [-0.4, -0.2) is 19.3 Å². The van der Waals surface area contributed by atoms with Gasteiger partial charge in [0.25, 0.3) is 0 Å². The van der Waals surface area contributed by atoms with Crippen LogP contribution >= 0.6 is 39.5 Å². The van der Waals surface area contributed by atoms with Crippen LogP contribution in [-0.2, 0) is 0 Å². The van der Waals surface area contributed by atoms with Gasteiger partial charge in [0, 0.05) is 4.47 Å². The zero-order valence-electron chi connectivity index (χ0n) is 8.45. The average Bonchev–Trinajstić information content (AvgIpc) is 2.67. The van der Waals surface area contributed by atoms with Gasteiger partial charge in [-0.25, -0.2) is 0 Å². The highest BCUT2D eigenvalue weighted by atomic mass is 79.9. The molecule has 15 heavy (non-hydrogen) atoms. The summed E-state index contributed by atoms with van der Waals surface area (Å²) in [6, 6.07) is 4.04. The average molecular weight is 307 g/mol. The van der Waals surface area contributed by atoms with E-state index in [0.29, 0.717) is 11.4 Å². The highest BCUT2D eigenvalue weighted by Crippen LogP contribution is 2.45. The summed E-state index contributed by atoms with van der Waals surface area (Å²) in [7, 11) is 0. The smallest absolute Gasteiger partial charge is 0.231 e. The minimum Gasteiger partial charge on any atom is -0.454 e. The zero-order chi connectivity index (χ0) is 10.8. The minimum atomic E-state index is 0.328. The highest BCUT2D eigenvalue weighted by Gasteiger charge is 2.20. The maximum Gasteiger partial charge on any atom is 0.231 e. The lowest BCUT2D eigenvalue weighted by Gasteiger charge is -2.14. The van der Waals surface area contributed by atoms with Crippen LogP contribution in [0.2, 0.25) is 0 Å². The third-order valence-corrected chi connectivity index (χ3v) is 5.38. The molecule has 1 aromatic rings. The van der Waals surface area contributed by atoms with Crippen molar-refractivity contribution in [1.82, 2.24) is 0 Å². The fourth-order valence-electron chi connectivity index (χ4n) is 1.46. The first-order valence-corrected chi connectivity index (χ1v) is 7.77. The number of hydrogen-bond donors (Lipinski definition) is 0. The normalized spacial score (nSPS) is 13.6. The van der Waals surface area contributed by atoms with Crippen molar-refractivity contribution in [2.24, 2.45) is 0 Å². The molecule has 0 saturated carbocycles. The van der Waals surface area contributed by atoms with Gasteiger partial charge in [-0.2, -0.15) is 0 Å². The summed E-state index contributed by atoms with van der Waals surface area (Å²) in [4.78, 5) is 0. The molecule has 0 atom stereocenters. The van der Waals surface area contributed by atoms with Gasteiger partial charge in [0.1, 0.15) is 0 Å². The molecule has 0 N–H and O–H groups in total. The monoisotopic (exact) mass is 306 g/mol. The van der Waals surface area contributed by atoms with E-state index in [4.69, 9.17) is 9.47 Å². The second-order valence-electron chi connectivity index (χ2n) is 3.03. The van der Waals surface area contributed by atoms with Crippen molar-refractivity contribution < 1.29 is 9.47 Å². The van der Waals surface area contributed by atoms with Crippen LogP contribution in [0.3, 0.4) is 0 Å². The van der Waals surface area contributed by atoms with Gasteiger partial charge in [0.15, 0.2) is 11.5 Å². The van der Waals surface area contributed by atoms with E-state index in [1.165, 1.54) is 5.56 Å². The molecule has 0 unspecified atom stereocenters. The molecular weight excluding hydrogens is 296 g/mol. The Balaban J connectivity index is 2.39. The van der Waals surface area contributed by atoms with E-state index in [2.05, 4.69) is 34.5 Å². The van der Waals surface area contributed by atoms with E-state index < -0.39 is 0 Å². The number of halogens is 1. The summed E-state index contributed by atoms with van der Waals surface area (Å²) in [5.41, 5.74) is 1.25. The Morgan fingerprint density at radius 2 is 1.80 bits per heavy atom. The van der Waals surface area contributed by atoms with Crippen molar-refractivity contribution in [2.45, 2.75) is 4.58 Å². The van der Waals surface area contributed by atoms with Gasteiger partial charge in [-0.3, -0.25) is 0 Å². The summed E-state index contributed by atoms with van der Waals surface area (Å²) in [6.45, 7) is 0.328. The quantitative estimate of drug-likeness (QED) is 0.788. The Morgan fingerprint density at radius 1 is 1.20 bits per heavy atom. The molecule has 0 amide bonds. The molecule has 5 heteroatoms. The van der Waals surface area contributed by atoms with Crippen molar-refractivity contribution in [2.75, 3.05) is 19.3 Å². The van der Waals surface area contributed by atoms with Gasteiger partial charge in [0.2, 0.25) is 6.79 Å². The van der Waals surface area contributed by atoms with Crippen LogP contribution in [0, 0.1) is 0 Å². The second kappa shape index (κ2) is 4.89. The highest BCUT2D eigenvalue weighted by molar-refractivity contribution is 9.10. The lowest BCUT2D eigenvalue weighted by Crippen LogP contribution is -1.93. The summed E-state index contributed by atoms with van der Waals surface area (Å²) in [6.07, 6.45) is 4.22. The second-order valence-corrected chi connectivity index (χ2v) is 6.07. The Hall–Kier alpha value is -0.000000000000000111. The summed E-state index contributed by atoms with van der Waals surface area (Å²) in [5.74, 6) is 1.67. The molecule has 2 rings (SSSR count). The fraction of sp³-hybridized carbons (Fsp3) is 0.400. The number of thioether (sulfide) groups is 2. The van der Waals surface area contributed by atoms with Gasteiger partial charge in [-0.15, -0.1) is 23.5 Å². The third kappa shape index (κ3) is 2.24. The lowest BCUT2D eigenvalue weighted by atomic mass is 10.2. The molecule has 0 radical (unpaired) electrons. The van der Waals surface area contributed by atoms with Crippen molar-refractivity contribution >= 4 is 39.5 Å². The largest absolute Gasteiger partial charge is 0.454 e. The van der Waals surface area contributed by atoms with Crippen molar-refractivity contribution in [3.05, 3.63) is 22.2 Å². The Labute approximate surface area is 106 Å². The van der Waals surface area contributed by atoms with Gasteiger partial charge in [-0.1, -0.05) is 15.9 Å². The molecule has 2 nitrogen and oxygen atoms in total. The maximum atomic E-state index is 5.37. The molecule has 0 fully saturated rings. The molecule has 1 aromatic carbocycles. The van der Waals surface area contributed by atoms with E-state index in [1.54, 1.807) is 0 Å². The third-order valence-electron chi connectivity index (χ3n) is 2.17. The van der Waals surface area contributed by atoms with Crippen LogP contribution in [0.25, 0.3) is 0 Å². The summed E-state index contributed by atoms with van der Waals surface area (Å²) < 4.78 is 12.2. The standard InChI is InChI=1S/C10H11BrO2S2/c1-14-10(15-2)6-3-8-9(4-7(6)11)13-5-12-8/h3-4,10H,5H2,1-2H3. The number of hydrogen-bond acceptors (Lipinski definition) is 4. The Morgan fingerprint density at radius 3 is 2.40 bits per heavy atom. The molecule has 0 saturated heterocycles. The lowest BCUT2D eigenvalue weighted by molar-refractivity contribution is 0.174. The Kier molecular flexibility index (Phi) is 3.74. The molecule has 0 spiro atoms. The predicted octanol–water partition coefficient (Wildman–Crippen LogP) is 3.90. The van der Waals surface area contributed by atoms with Gasteiger partial charge in [-0.05, 0) is 30.2 Å². The summed E-state index contributed by atoms with van der Waals surface area (Å²) >= 11 is 7.21. The number of benzene rings is 1. The minimum absolute atomic E-state index is 0.328. The van der Waals surface area contributed by atoms with E-state index in [0.717, 1.165) is 16.0 Å².